The van der Waals surface area contributed by atoms with E-state index in [0.717, 1.165) is 31.8 Å². The first kappa shape index (κ1) is 14.7. The number of amides is 1. The normalized spacial score (nSPS) is 18.5. The molecule has 3 nitrogen and oxygen atoms in total. The van der Waals surface area contributed by atoms with Gasteiger partial charge in [0.1, 0.15) is 0 Å². The van der Waals surface area contributed by atoms with Crippen LogP contribution >= 0.6 is 0 Å². The van der Waals surface area contributed by atoms with Gasteiger partial charge in [-0.3, -0.25) is 4.79 Å². The molecular weight excluding hydrogens is 224 g/mol. The molecule has 0 unspecified atom stereocenters. The van der Waals surface area contributed by atoms with Crippen LogP contribution in [0.4, 0.5) is 0 Å². The van der Waals surface area contributed by atoms with Crippen molar-refractivity contribution in [2.45, 2.75) is 20.8 Å². The Morgan fingerprint density at radius 2 is 2.06 bits per heavy atom. The van der Waals surface area contributed by atoms with Crippen LogP contribution in [0.5, 0.6) is 0 Å². The van der Waals surface area contributed by atoms with Gasteiger partial charge in [0, 0.05) is 31.1 Å². The first-order chi connectivity index (χ1) is 8.71. The Balaban J connectivity index is 2.31. The van der Waals surface area contributed by atoms with E-state index >= 15 is 0 Å². The monoisotopic (exact) mass is 248 g/mol. The van der Waals surface area contributed by atoms with Gasteiger partial charge in [-0.15, -0.1) is 0 Å². The smallest absolute Gasteiger partial charge is 0.250 e. The van der Waals surface area contributed by atoms with Crippen LogP contribution in [0.2, 0.25) is 0 Å². The van der Waals surface area contributed by atoms with Crippen LogP contribution in [-0.4, -0.2) is 37.0 Å². The fourth-order valence-corrected chi connectivity index (χ4v) is 1.98. The van der Waals surface area contributed by atoms with Gasteiger partial charge in [-0.25, -0.2) is 0 Å². The van der Waals surface area contributed by atoms with E-state index in [1.54, 1.807) is 0 Å². The van der Waals surface area contributed by atoms with Gasteiger partial charge >= 0.3 is 0 Å². The minimum Gasteiger partial charge on any atom is -0.352 e. The molecule has 1 aliphatic rings. The molecule has 1 fully saturated rings. The lowest BCUT2D eigenvalue weighted by atomic mass is 10.0. The second-order valence-electron chi connectivity index (χ2n) is 4.56. The minimum atomic E-state index is 0.0215. The highest BCUT2D eigenvalue weighted by molar-refractivity contribution is 5.96. The summed E-state index contributed by atoms with van der Waals surface area (Å²) in [6.07, 6.45) is 9.43. The molecule has 0 bridgehead atoms. The van der Waals surface area contributed by atoms with Crippen molar-refractivity contribution in [2.24, 2.45) is 5.92 Å². The number of carbonyl (C=O) groups is 1. The number of rotatable bonds is 6. The summed E-state index contributed by atoms with van der Waals surface area (Å²) in [5.74, 6) is 0.639. The first-order valence-corrected chi connectivity index (χ1v) is 6.67. The second kappa shape index (κ2) is 7.88. The van der Waals surface area contributed by atoms with Crippen LogP contribution in [0, 0.1) is 5.92 Å². The number of likely N-dealkylation sites (tertiary alicyclic amines) is 1. The van der Waals surface area contributed by atoms with Crippen molar-refractivity contribution in [3.8, 4) is 0 Å². The third kappa shape index (κ3) is 4.49. The summed E-state index contributed by atoms with van der Waals surface area (Å²) < 4.78 is 0. The SMILES string of the molecule is C/C=C/C=C\C(=C/C)C(=O)NCC1CN(CC)C1. The maximum atomic E-state index is 11.9. The zero-order valence-electron chi connectivity index (χ0n) is 11.6. The Kier molecular flexibility index (Phi) is 6.44. The zero-order valence-corrected chi connectivity index (χ0v) is 11.6. The number of allylic oxidation sites excluding steroid dienone is 4. The van der Waals surface area contributed by atoms with Gasteiger partial charge in [-0.05, 0) is 26.5 Å². The molecule has 1 rings (SSSR count). The van der Waals surface area contributed by atoms with E-state index in [4.69, 9.17) is 0 Å². The fourth-order valence-electron chi connectivity index (χ4n) is 1.98. The zero-order chi connectivity index (χ0) is 13.4. The molecule has 1 amide bonds. The quantitative estimate of drug-likeness (QED) is 0.577. The van der Waals surface area contributed by atoms with E-state index in [1.165, 1.54) is 0 Å². The van der Waals surface area contributed by atoms with E-state index in [-0.39, 0.29) is 5.91 Å². The standard InChI is InChI=1S/C15H24N2O/c1-4-7-8-9-14(5-2)15(18)16-10-13-11-17(6-3)12-13/h4-5,7-9,13H,6,10-12H2,1-3H3,(H,16,18)/b7-4+,9-8-,14-5+. The molecule has 100 valence electrons. The molecule has 3 heteroatoms. The van der Waals surface area contributed by atoms with Gasteiger partial charge in [-0.2, -0.15) is 0 Å². The minimum absolute atomic E-state index is 0.0215. The summed E-state index contributed by atoms with van der Waals surface area (Å²) in [5, 5.41) is 3.00. The Morgan fingerprint density at radius 3 is 2.61 bits per heavy atom. The summed E-state index contributed by atoms with van der Waals surface area (Å²) in [5.41, 5.74) is 0.722. The van der Waals surface area contributed by atoms with Gasteiger partial charge in [0.25, 0.3) is 5.91 Å². The third-order valence-electron chi connectivity index (χ3n) is 3.18. The van der Waals surface area contributed by atoms with Crippen LogP contribution in [0.15, 0.2) is 36.0 Å². The third-order valence-corrected chi connectivity index (χ3v) is 3.18. The molecule has 0 saturated carbocycles. The average molecular weight is 248 g/mol. The molecule has 0 aromatic carbocycles. The number of hydrogen-bond donors (Lipinski definition) is 1. The molecule has 1 N–H and O–H groups in total. The van der Waals surface area contributed by atoms with Gasteiger partial charge in [0.15, 0.2) is 0 Å². The van der Waals surface area contributed by atoms with E-state index < -0.39 is 0 Å². The molecular formula is C15H24N2O. The summed E-state index contributed by atoms with van der Waals surface area (Å²) >= 11 is 0. The molecule has 0 aromatic rings. The largest absolute Gasteiger partial charge is 0.352 e. The lowest BCUT2D eigenvalue weighted by Crippen LogP contribution is -2.51. The van der Waals surface area contributed by atoms with Crippen LogP contribution in [0.3, 0.4) is 0 Å². The molecule has 1 heterocycles. The van der Waals surface area contributed by atoms with Crippen molar-refractivity contribution in [2.75, 3.05) is 26.2 Å². The Hall–Kier alpha value is -1.35. The molecule has 1 aliphatic heterocycles. The molecule has 1 saturated heterocycles. The summed E-state index contributed by atoms with van der Waals surface area (Å²) in [6, 6.07) is 0. The molecule has 18 heavy (non-hydrogen) atoms. The highest BCUT2D eigenvalue weighted by Crippen LogP contribution is 2.13. The van der Waals surface area contributed by atoms with Gasteiger partial charge in [0.05, 0.1) is 0 Å². The van der Waals surface area contributed by atoms with Crippen LogP contribution in [0.1, 0.15) is 20.8 Å². The summed E-state index contributed by atoms with van der Waals surface area (Å²) in [6.45, 7) is 10.1. The summed E-state index contributed by atoms with van der Waals surface area (Å²) in [7, 11) is 0. The van der Waals surface area contributed by atoms with Crippen molar-refractivity contribution in [3.05, 3.63) is 36.0 Å². The number of hydrogen-bond acceptors (Lipinski definition) is 2. The lowest BCUT2D eigenvalue weighted by molar-refractivity contribution is -0.117. The van der Waals surface area contributed by atoms with Crippen LogP contribution < -0.4 is 5.32 Å². The maximum Gasteiger partial charge on any atom is 0.250 e. The fraction of sp³-hybridized carbons (Fsp3) is 0.533. The highest BCUT2D eigenvalue weighted by atomic mass is 16.1. The molecule has 0 radical (unpaired) electrons. The lowest BCUT2D eigenvalue weighted by Gasteiger charge is -2.38. The van der Waals surface area contributed by atoms with E-state index in [1.807, 2.05) is 44.2 Å². The van der Waals surface area contributed by atoms with Crippen LogP contribution in [0.25, 0.3) is 0 Å². The van der Waals surface area contributed by atoms with Crippen molar-refractivity contribution in [1.29, 1.82) is 0 Å². The predicted octanol–water partition coefficient (Wildman–Crippen LogP) is 2.13. The van der Waals surface area contributed by atoms with Crippen molar-refractivity contribution in [3.63, 3.8) is 0 Å². The molecule has 0 atom stereocenters. The Bertz CT molecular complexity index is 350. The Labute approximate surface area is 110 Å². The Morgan fingerprint density at radius 1 is 1.33 bits per heavy atom. The van der Waals surface area contributed by atoms with Gasteiger partial charge < -0.3 is 10.2 Å². The van der Waals surface area contributed by atoms with Crippen LogP contribution in [-0.2, 0) is 4.79 Å². The first-order valence-electron chi connectivity index (χ1n) is 6.67. The summed E-state index contributed by atoms with van der Waals surface area (Å²) in [4.78, 5) is 14.3. The predicted molar refractivity (Wildman–Crippen MR) is 76.3 cm³/mol. The van der Waals surface area contributed by atoms with Gasteiger partial charge in [0.2, 0.25) is 0 Å². The average Bonchev–Trinajstić information content (AvgIpc) is 2.33. The number of nitrogens with zero attached hydrogens (tertiary/aromatic N) is 1. The van der Waals surface area contributed by atoms with Gasteiger partial charge in [-0.1, -0.05) is 31.2 Å². The number of carbonyl (C=O) groups excluding carboxylic acids is 1. The molecule has 0 aliphatic carbocycles. The van der Waals surface area contributed by atoms with Crippen molar-refractivity contribution in [1.82, 2.24) is 10.2 Å². The molecule has 0 aromatic heterocycles. The van der Waals surface area contributed by atoms with Crippen molar-refractivity contribution >= 4 is 5.91 Å². The topological polar surface area (TPSA) is 32.3 Å². The van der Waals surface area contributed by atoms with E-state index in [2.05, 4.69) is 17.1 Å². The number of nitrogens with one attached hydrogen (secondary N) is 1. The maximum absolute atomic E-state index is 11.9. The van der Waals surface area contributed by atoms with E-state index in [9.17, 15) is 4.79 Å². The van der Waals surface area contributed by atoms with Crippen molar-refractivity contribution < 1.29 is 4.79 Å². The molecule has 0 spiro atoms. The van der Waals surface area contributed by atoms with E-state index in [0.29, 0.717) is 5.92 Å². The second-order valence-corrected chi connectivity index (χ2v) is 4.56. The highest BCUT2D eigenvalue weighted by Gasteiger charge is 2.25.